The topological polar surface area (TPSA) is 117 Å². The van der Waals surface area contributed by atoms with Crippen LogP contribution in [0.15, 0.2) is 12.3 Å². The van der Waals surface area contributed by atoms with Gasteiger partial charge in [0.25, 0.3) is 5.91 Å². The molecule has 32 heavy (non-hydrogen) atoms. The number of halogens is 3. The number of carboxylic acids is 1. The predicted octanol–water partition coefficient (Wildman–Crippen LogP) is 0.354. The lowest BCUT2D eigenvalue weighted by Gasteiger charge is -2.43. The molecule has 2 amide bonds. The van der Waals surface area contributed by atoms with Crippen LogP contribution in [0.3, 0.4) is 0 Å². The maximum absolute atomic E-state index is 12.8. The number of carboxylic acid groups (broad SMARTS) is 1. The fourth-order valence-electron chi connectivity index (χ4n) is 3.82. The molecule has 2 aliphatic rings. The Morgan fingerprint density at radius 3 is 2.53 bits per heavy atom. The number of hydrogen-bond donors (Lipinski definition) is 2. The molecular formula is C19H28F3N5O5. The lowest BCUT2D eigenvalue weighted by molar-refractivity contribution is -0.192. The maximum atomic E-state index is 12.8. The lowest BCUT2D eigenvalue weighted by atomic mass is 9.80. The van der Waals surface area contributed by atoms with Gasteiger partial charge in [0.2, 0.25) is 5.91 Å². The molecule has 0 saturated carbocycles. The minimum atomic E-state index is -5.08. The van der Waals surface area contributed by atoms with E-state index in [0.717, 1.165) is 32.5 Å². The lowest BCUT2D eigenvalue weighted by Crippen LogP contribution is -2.53. The van der Waals surface area contributed by atoms with Gasteiger partial charge >= 0.3 is 12.1 Å². The van der Waals surface area contributed by atoms with Crippen LogP contribution in [0.2, 0.25) is 0 Å². The van der Waals surface area contributed by atoms with Gasteiger partial charge in [-0.25, -0.2) is 4.79 Å². The number of ether oxygens (including phenoxy) is 1. The summed E-state index contributed by atoms with van der Waals surface area (Å²) in [7, 11) is 3.46. The van der Waals surface area contributed by atoms with Crippen LogP contribution in [0.25, 0.3) is 0 Å². The van der Waals surface area contributed by atoms with E-state index in [1.165, 1.54) is 0 Å². The molecule has 2 saturated heterocycles. The Bertz CT molecular complexity index is 816. The van der Waals surface area contributed by atoms with Crippen LogP contribution in [-0.2, 0) is 21.4 Å². The van der Waals surface area contributed by atoms with E-state index in [9.17, 15) is 22.8 Å². The monoisotopic (exact) mass is 463 g/mol. The van der Waals surface area contributed by atoms with Gasteiger partial charge in [-0.15, -0.1) is 0 Å². The van der Waals surface area contributed by atoms with Gasteiger partial charge in [-0.1, -0.05) is 0 Å². The highest BCUT2D eigenvalue weighted by molar-refractivity contribution is 5.92. The molecule has 0 bridgehead atoms. The van der Waals surface area contributed by atoms with E-state index in [4.69, 9.17) is 14.6 Å². The van der Waals surface area contributed by atoms with Crippen LogP contribution in [0, 0.1) is 5.41 Å². The highest BCUT2D eigenvalue weighted by atomic mass is 19.4. The summed E-state index contributed by atoms with van der Waals surface area (Å²) in [5, 5.41) is 14.0. The molecular weight excluding hydrogens is 435 g/mol. The SMILES string of the molecule is CNC(=O)CN1CCOCC2(CCCN(C(=O)c3ccn(C)n3)C2)C1.O=C(O)C(F)(F)F. The first kappa shape index (κ1) is 25.6. The Kier molecular flexibility index (Phi) is 8.61. The van der Waals surface area contributed by atoms with Crippen LogP contribution in [-0.4, -0.2) is 102 Å². The van der Waals surface area contributed by atoms with Crippen molar-refractivity contribution in [3.05, 3.63) is 18.0 Å². The van der Waals surface area contributed by atoms with Gasteiger partial charge in [0, 0.05) is 51.9 Å². The van der Waals surface area contributed by atoms with Gasteiger partial charge in [0.15, 0.2) is 0 Å². The summed E-state index contributed by atoms with van der Waals surface area (Å²) < 4.78 is 39.2. The number of nitrogens with one attached hydrogen (secondary N) is 1. The number of carbonyl (C=O) groups excluding carboxylic acids is 2. The van der Waals surface area contributed by atoms with Crippen molar-refractivity contribution in [2.75, 3.05) is 53.0 Å². The van der Waals surface area contributed by atoms with Crippen LogP contribution in [0.5, 0.6) is 0 Å². The van der Waals surface area contributed by atoms with E-state index < -0.39 is 12.1 Å². The molecule has 1 aromatic heterocycles. The third-order valence-corrected chi connectivity index (χ3v) is 5.29. The molecule has 1 unspecified atom stereocenters. The first-order chi connectivity index (χ1) is 15.0. The van der Waals surface area contributed by atoms with Crippen molar-refractivity contribution in [2.24, 2.45) is 12.5 Å². The molecule has 2 N–H and O–H groups in total. The first-order valence-corrected chi connectivity index (χ1v) is 10.1. The number of piperidine rings is 1. The van der Waals surface area contributed by atoms with Gasteiger partial charge in [0.05, 0.1) is 19.8 Å². The number of aromatic nitrogens is 2. The molecule has 13 heteroatoms. The summed E-state index contributed by atoms with van der Waals surface area (Å²) in [6.07, 6.45) is -1.36. The van der Waals surface area contributed by atoms with E-state index in [0.29, 0.717) is 32.0 Å². The predicted molar refractivity (Wildman–Crippen MR) is 106 cm³/mol. The Morgan fingerprint density at radius 1 is 1.28 bits per heavy atom. The number of aliphatic carboxylic acids is 1. The van der Waals surface area contributed by atoms with Crippen molar-refractivity contribution < 1.29 is 37.4 Å². The van der Waals surface area contributed by atoms with E-state index in [1.54, 1.807) is 24.0 Å². The molecule has 2 aliphatic heterocycles. The Balaban J connectivity index is 0.000000451. The number of likely N-dealkylation sites (N-methyl/N-ethyl adjacent to an activating group) is 1. The largest absolute Gasteiger partial charge is 0.490 e. The minimum absolute atomic E-state index is 0.00859. The zero-order chi connectivity index (χ0) is 23.9. The van der Waals surface area contributed by atoms with Crippen LogP contribution < -0.4 is 5.32 Å². The number of alkyl halides is 3. The maximum Gasteiger partial charge on any atom is 0.490 e. The number of likely N-dealkylation sites (tertiary alicyclic amines) is 1. The number of rotatable bonds is 3. The van der Waals surface area contributed by atoms with Crippen LogP contribution in [0.1, 0.15) is 23.3 Å². The van der Waals surface area contributed by atoms with Crippen LogP contribution in [0.4, 0.5) is 13.2 Å². The fourth-order valence-corrected chi connectivity index (χ4v) is 3.82. The van der Waals surface area contributed by atoms with Crippen molar-refractivity contribution in [1.29, 1.82) is 0 Å². The Labute approximate surface area is 183 Å². The summed E-state index contributed by atoms with van der Waals surface area (Å²) in [5.74, 6) is -2.77. The zero-order valence-electron chi connectivity index (χ0n) is 18.0. The second-order valence-electron chi connectivity index (χ2n) is 7.94. The standard InChI is InChI=1S/C17H27N5O3.C2HF3O2/c1-18-15(23)10-21-8-9-25-13-17(11-21)5-3-6-22(12-17)16(24)14-4-7-20(2)19-14;3-2(4,5)1(6)7/h4,7H,3,5-6,8-13H2,1-2H3,(H,18,23);(H,6,7). The van der Waals surface area contributed by atoms with Crippen molar-refractivity contribution in [2.45, 2.75) is 19.0 Å². The van der Waals surface area contributed by atoms with Crippen molar-refractivity contribution in [3.8, 4) is 0 Å². The molecule has 1 spiro atoms. The molecule has 1 atom stereocenters. The van der Waals surface area contributed by atoms with Gasteiger partial charge in [-0.2, -0.15) is 18.3 Å². The van der Waals surface area contributed by atoms with E-state index >= 15 is 0 Å². The molecule has 0 aliphatic carbocycles. The molecule has 3 rings (SSSR count). The summed E-state index contributed by atoms with van der Waals surface area (Å²) in [5.41, 5.74) is 0.365. The number of carbonyl (C=O) groups is 3. The third-order valence-electron chi connectivity index (χ3n) is 5.29. The van der Waals surface area contributed by atoms with Crippen LogP contribution >= 0.6 is 0 Å². The first-order valence-electron chi connectivity index (χ1n) is 10.1. The van der Waals surface area contributed by atoms with Crippen molar-refractivity contribution in [3.63, 3.8) is 0 Å². The molecule has 0 radical (unpaired) electrons. The van der Waals surface area contributed by atoms with Crippen molar-refractivity contribution in [1.82, 2.24) is 24.9 Å². The summed E-state index contributed by atoms with van der Waals surface area (Å²) in [4.78, 5) is 37.4. The van der Waals surface area contributed by atoms with Crippen molar-refractivity contribution >= 4 is 17.8 Å². The summed E-state index contributed by atoms with van der Waals surface area (Å²) >= 11 is 0. The van der Waals surface area contributed by atoms with Gasteiger partial charge in [0.1, 0.15) is 5.69 Å². The molecule has 3 heterocycles. The number of nitrogens with zero attached hydrogens (tertiary/aromatic N) is 4. The summed E-state index contributed by atoms with van der Waals surface area (Å²) in [6, 6.07) is 1.76. The Hall–Kier alpha value is -2.67. The van der Waals surface area contributed by atoms with E-state index in [2.05, 4.69) is 15.3 Å². The minimum Gasteiger partial charge on any atom is -0.475 e. The Morgan fingerprint density at radius 2 is 1.97 bits per heavy atom. The number of aryl methyl sites for hydroxylation is 1. The quantitative estimate of drug-likeness (QED) is 0.665. The average Bonchev–Trinajstić information content (AvgIpc) is 3.07. The van der Waals surface area contributed by atoms with Gasteiger partial charge in [-0.3, -0.25) is 19.2 Å². The number of hydrogen-bond acceptors (Lipinski definition) is 6. The molecule has 1 aromatic rings. The molecule has 2 fully saturated rings. The number of amides is 2. The van der Waals surface area contributed by atoms with Gasteiger partial charge < -0.3 is 20.1 Å². The fraction of sp³-hybridized carbons (Fsp3) is 0.684. The second kappa shape index (κ2) is 10.8. The second-order valence-corrected chi connectivity index (χ2v) is 7.94. The third kappa shape index (κ3) is 7.19. The highest BCUT2D eigenvalue weighted by Gasteiger charge is 2.41. The van der Waals surface area contributed by atoms with Gasteiger partial charge in [-0.05, 0) is 18.9 Å². The normalized spacial score (nSPS) is 22.0. The zero-order valence-corrected chi connectivity index (χ0v) is 18.0. The van der Waals surface area contributed by atoms with E-state index in [-0.39, 0.29) is 17.2 Å². The highest BCUT2D eigenvalue weighted by Crippen LogP contribution is 2.33. The molecule has 180 valence electrons. The molecule has 0 aromatic carbocycles. The smallest absolute Gasteiger partial charge is 0.475 e. The summed E-state index contributed by atoms with van der Waals surface area (Å²) in [6.45, 7) is 4.51. The molecule has 10 nitrogen and oxygen atoms in total. The van der Waals surface area contributed by atoms with E-state index in [1.807, 2.05) is 11.9 Å². The average molecular weight is 463 g/mol.